The molecule has 3 atom stereocenters. The zero-order chi connectivity index (χ0) is 26.9. The number of benzene rings is 1. The molecule has 9 nitrogen and oxygen atoms in total. The lowest BCUT2D eigenvalue weighted by Crippen LogP contribution is -2.51. The number of hydrogen-bond acceptors (Lipinski definition) is 6. The van der Waals surface area contributed by atoms with Gasteiger partial charge in [-0.25, -0.2) is 9.78 Å². The maximum absolute atomic E-state index is 13.7. The van der Waals surface area contributed by atoms with Crippen LogP contribution in [0.4, 0.5) is 4.79 Å². The van der Waals surface area contributed by atoms with E-state index in [0.29, 0.717) is 28.6 Å². The molecule has 0 spiro atoms. The number of aromatic amines is 1. The van der Waals surface area contributed by atoms with Crippen LogP contribution in [0.1, 0.15) is 70.6 Å². The zero-order valence-corrected chi connectivity index (χ0v) is 22.5. The molecule has 1 aromatic carbocycles. The third kappa shape index (κ3) is 6.15. The van der Waals surface area contributed by atoms with Gasteiger partial charge in [0.2, 0.25) is 5.91 Å². The summed E-state index contributed by atoms with van der Waals surface area (Å²) in [6, 6.07) is 6.26. The average molecular weight is 531 g/mol. The Kier molecular flexibility index (Phi) is 7.94. The summed E-state index contributed by atoms with van der Waals surface area (Å²) in [7, 11) is 0. The maximum atomic E-state index is 13.7. The highest BCUT2D eigenvalue weighted by atomic mass is 35.5. The normalized spacial score (nSPS) is 21.6. The second-order valence-corrected chi connectivity index (χ2v) is 11.3. The first kappa shape index (κ1) is 27.1. The van der Waals surface area contributed by atoms with Crippen LogP contribution in [0.15, 0.2) is 29.1 Å². The second-order valence-electron chi connectivity index (χ2n) is 10.9. The van der Waals surface area contributed by atoms with E-state index in [9.17, 15) is 19.5 Å². The highest BCUT2D eigenvalue weighted by molar-refractivity contribution is 6.30. The van der Waals surface area contributed by atoms with E-state index >= 15 is 0 Å². The molecule has 1 aromatic heterocycles. The number of carbonyl (C=O) groups is 2. The third-order valence-corrected chi connectivity index (χ3v) is 7.00. The number of nitrogens with one attached hydrogen (secondary N) is 1. The Labute approximate surface area is 221 Å². The van der Waals surface area contributed by atoms with E-state index in [1.165, 1.54) is 4.90 Å². The van der Waals surface area contributed by atoms with Crippen LogP contribution in [0, 0.1) is 0 Å². The van der Waals surface area contributed by atoms with E-state index < -0.39 is 23.8 Å². The lowest BCUT2D eigenvalue weighted by atomic mass is 9.90. The van der Waals surface area contributed by atoms with Gasteiger partial charge in [0.25, 0.3) is 5.56 Å². The number of fused-ring (bicyclic) bond motifs is 1. The average Bonchev–Trinajstić information content (AvgIpc) is 3.23. The van der Waals surface area contributed by atoms with Gasteiger partial charge in [0.15, 0.2) is 0 Å². The first-order valence-corrected chi connectivity index (χ1v) is 13.2. The number of unbranched alkanes of at least 4 members (excludes halogenated alkanes) is 1. The van der Waals surface area contributed by atoms with Gasteiger partial charge in [0.1, 0.15) is 17.5 Å². The fraction of sp³-hybridized carbons (Fsp3) is 0.556. The van der Waals surface area contributed by atoms with E-state index in [-0.39, 0.29) is 36.9 Å². The molecule has 4 rings (SSSR count). The first-order valence-electron chi connectivity index (χ1n) is 12.8. The molecule has 3 heterocycles. The molecule has 0 saturated carbocycles. The van der Waals surface area contributed by atoms with Crippen molar-refractivity contribution in [2.24, 2.45) is 0 Å². The number of halogens is 1. The number of H-pyrrole nitrogens is 1. The molecule has 1 saturated heterocycles. The lowest BCUT2D eigenvalue weighted by molar-refractivity contribution is -0.137. The molecule has 37 heavy (non-hydrogen) atoms. The molecule has 2 amide bonds. The second kappa shape index (κ2) is 10.8. The predicted molar refractivity (Wildman–Crippen MR) is 140 cm³/mol. The highest BCUT2D eigenvalue weighted by Crippen LogP contribution is 2.32. The number of likely N-dealkylation sites (tertiary alicyclic amines) is 1. The Morgan fingerprint density at radius 2 is 1.92 bits per heavy atom. The molecule has 0 bridgehead atoms. The molecule has 1 fully saturated rings. The van der Waals surface area contributed by atoms with Crippen molar-refractivity contribution in [3.63, 3.8) is 0 Å². The van der Waals surface area contributed by atoms with Crippen molar-refractivity contribution < 1.29 is 19.4 Å². The van der Waals surface area contributed by atoms with Crippen LogP contribution in [0.25, 0.3) is 11.4 Å². The predicted octanol–water partition coefficient (Wildman–Crippen LogP) is 4.08. The van der Waals surface area contributed by atoms with Gasteiger partial charge in [-0.3, -0.25) is 14.5 Å². The summed E-state index contributed by atoms with van der Waals surface area (Å²) in [6.45, 7) is 7.87. The van der Waals surface area contributed by atoms with Crippen molar-refractivity contribution >= 4 is 23.6 Å². The topological polar surface area (TPSA) is 116 Å². The minimum atomic E-state index is -0.849. The van der Waals surface area contributed by atoms with E-state index in [1.54, 1.807) is 37.8 Å². The van der Waals surface area contributed by atoms with Gasteiger partial charge < -0.3 is 19.7 Å². The van der Waals surface area contributed by atoms with E-state index in [2.05, 4.69) is 11.9 Å². The van der Waals surface area contributed by atoms with E-state index in [0.717, 1.165) is 24.8 Å². The fourth-order valence-corrected chi connectivity index (χ4v) is 5.11. The number of hydrogen-bond donors (Lipinski definition) is 2. The van der Waals surface area contributed by atoms with Crippen molar-refractivity contribution in [3.8, 4) is 11.4 Å². The number of ether oxygens (including phenoxy) is 1. The third-order valence-electron chi connectivity index (χ3n) is 6.75. The molecule has 10 heteroatoms. The Hall–Kier alpha value is -2.91. The number of nitrogens with zero attached hydrogens (tertiary/aromatic N) is 3. The minimum absolute atomic E-state index is 0.0294. The quantitative estimate of drug-likeness (QED) is 0.602. The number of amides is 2. The smallest absolute Gasteiger partial charge is 0.411 e. The van der Waals surface area contributed by atoms with Crippen LogP contribution < -0.4 is 5.56 Å². The number of aliphatic hydroxyl groups excluding tert-OH is 1. The molecule has 2 aromatic rings. The summed E-state index contributed by atoms with van der Waals surface area (Å²) in [4.78, 5) is 50.4. The summed E-state index contributed by atoms with van der Waals surface area (Å²) in [5.41, 5.74) is 0.908. The number of rotatable bonds is 5. The van der Waals surface area contributed by atoms with Crippen LogP contribution in [-0.2, 0) is 16.1 Å². The summed E-state index contributed by atoms with van der Waals surface area (Å²) < 4.78 is 5.48. The van der Waals surface area contributed by atoms with Crippen LogP contribution in [0.2, 0.25) is 5.02 Å². The molecular weight excluding hydrogens is 496 g/mol. The SMILES string of the molecule is CCCC[C@H]1CN(C(=O)[C@@H]2C[C@@H](O)CN2C(=O)OC(C)(C)C)Cc2c1nc(-c1ccc(Cl)cc1)[nH]c2=O. The van der Waals surface area contributed by atoms with Crippen molar-refractivity contribution in [1.82, 2.24) is 19.8 Å². The van der Waals surface area contributed by atoms with Crippen LogP contribution in [-0.4, -0.2) is 67.7 Å². The number of aliphatic hydroxyl groups is 1. The maximum Gasteiger partial charge on any atom is 0.411 e. The number of carbonyl (C=O) groups excluding carboxylic acids is 2. The Bertz CT molecular complexity index is 1210. The number of aromatic nitrogens is 2. The molecule has 2 aliphatic heterocycles. The summed E-state index contributed by atoms with van der Waals surface area (Å²) in [6.07, 6.45) is 1.34. The zero-order valence-electron chi connectivity index (χ0n) is 21.8. The first-order chi connectivity index (χ1) is 17.5. The van der Waals surface area contributed by atoms with Gasteiger partial charge in [-0.2, -0.15) is 0 Å². The molecule has 2 N–H and O–H groups in total. The van der Waals surface area contributed by atoms with Crippen molar-refractivity contribution in [3.05, 3.63) is 50.9 Å². The van der Waals surface area contributed by atoms with Crippen LogP contribution in [0.5, 0.6) is 0 Å². The van der Waals surface area contributed by atoms with Crippen LogP contribution in [0.3, 0.4) is 0 Å². The molecular formula is C27H35ClN4O5. The van der Waals surface area contributed by atoms with Crippen molar-refractivity contribution in [1.29, 1.82) is 0 Å². The summed E-state index contributed by atoms with van der Waals surface area (Å²) in [5.74, 6) is 0.0507. The van der Waals surface area contributed by atoms with Crippen molar-refractivity contribution in [2.75, 3.05) is 13.1 Å². The Balaban J connectivity index is 1.64. The minimum Gasteiger partial charge on any atom is -0.444 e. The lowest BCUT2D eigenvalue weighted by Gasteiger charge is -2.36. The molecule has 0 radical (unpaired) electrons. The summed E-state index contributed by atoms with van der Waals surface area (Å²) >= 11 is 6.02. The Morgan fingerprint density at radius 1 is 1.22 bits per heavy atom. The molecule has 2 aliphatic rings. The van der Waals surface area contributed by atoms with Gasteiger partial charge in [-0.15, -0.1) is 0 Å². The van der Waals surface area contributed by atoms with Gasteiger partial charge in [0, 0.05) is 29.5 Å². The molecule has 0 unspecified atom stereocenters. The van der Waals surface area contributed by atoms with Gasteiger partial charge in [0.05, 0.1) is 30.5 Å². The van der Waals surface area contributed by atoms with E-state index in [4.69, 9.17) is 21.3 Å². The highest BCUT2D eigenvalue weighted by Gasteiger charge is 2.44. The largest absolute Gasteiger partial charge is 0.444 e. The fourth-order valence-electron chi connectivity index (χ4n) is 4.99. The monoisotopic (exact) mass is 530 g/mol. The van der Waals surface area contributed by atoms with Crippen molar-refractivity contribution in [2.45, 2.75) is 83.6 Å². The molecule has 200 valence electrons. The van der Waals surface area contributed by atoms with Gasteiger partial charge in [-0.05, 0) is 51.5 Å². The Morgan fingerprint density at radius 3 is 2.57 bits per heavy atom. The number of β-amino-alcohol motifs (C(OH)–C–C–N with tert-alkyl or cyclic N) is 1. The standard InChI is InChI=1S/C27H35ClN4O5/c1-5-6-7-17-13-31(25(35)21-12-19(33)14-32(21)26(36)37-27(2,3)4)15-20-22(17)29-23(30-24(20)34)16-8-10-18(28)11-9-16/h8-11,17,19,21,33H,5-7,12-15H2,1-4H3,(H,29,30,34)/t17-,19+,21-/m0/s1. The molecule has 0 aliphatic carbocycles. The van der Waals surface area contributed by atoms with E-state index in [1.807, 2.05) is 12.1 Å². The van der Waals surface area contributed by atoms with Crippen LogP contribution >= 0.6 is 11.6 Å². The van der Waals surface area contributed by atoms with Gasteiger partial charge in [-0.1, -0.05) is 31.4 Å². The summed E-state index contributed by atoms with van der Waals surface area (Å²) in [5, 5.41) is 10.9. The van der Waals surface area contributed by atoms with Gasteiger partial charge >= 0.3 is 6.09 Å².